The summed E-state index contributed by atoms with van der Waals surface area (Å²) in [6, 6.07) is 18.2. The molecule has 112 valence electrons. The third kappa shape index (κ3) is 3.85. The summed E-state index contributed by atoms with van der Waals surface area (Å²) in [5, 5.41) is 10.6. The maximum absolute atomic E-state index is 10.6. The van der Waals surface area contributed by atoms with Gasteiger partial charge in [0.25, 0.3) is 0 Å². The maximum atomic E-state index is 10.6. The molecule has 0 spiro atoms. The maximum Gasteiger partial charge on any atom is 0.118 e. The van der Waals surface area contributed by atoms with Gasteiger partial charge < -0.3 is 9.84 Å². The van der Waals surface area contributed by atoms with Crippen LogP contribution in [0.4, 0.5) is 0 Å². The second-order valence-corrected chi connectivity index (χ2v) is 5.99. The first-order chi connectivity index (χ1) is 10.0. The Hall–Kier alpha value is -1.80. The lowest BCUT2D eigenvalue weighted by molar-refractivity contribution is 0.0915. The van der Waals surface area contributed by atoms with Crippen LogP contribution in [0.3, 0.4) is 0 Å². The van der Waals surface area contributed by atoms with E-state index in [0.29, 0.717) is 0 Å². The second-order valence-electron chi connectivity index (χ2n) is 5.99. The number of methoxy groups -OCH3 is 1. The van der Waals surface area contributed by atoms with Crippen molar-refractivity contribution >= 4 is 0 Å². The average molecular weight is 284 g/mol. The molecule has 21 heavy (non-hydrogen) atoms. The van der Waals surface area contributed by atoms with Gasteiger partial charge in [0, 0.05) is 5.41 Å². The lowest BCUT2D eigenvalue weighted by Gasteiger charge is -2.31. The molecule has 1 atom stereocenters. The third-order valence-corrected chi connectivity index (χ3v) is 4.22. The highest BCUT2D eigenvalue weighted by Gasteiger charge is 2.29. The van der Waals surface area contributed by atoms with E-state index in [9.17, 15) is 5.11 Å². The fourth-order valence-electron chi connectivity index (χ4n) is 2.52. The summed E-state index contributed by atoms with van der Waals surface area (Å²) >= 11 is 0. The Bertz CT molecular complexity index is 544. The molecule has 0 aliphatic heterocycles. The molecule has 0 saturated heterocycles. The summed E-state index contributed by atoms with van der Waals surface area (Å²) < 4.78 is 5.16. The Morgan fingerprint density at radius 3 is 2.19 bits per heavy atom. The van der Waals surface area contributed by atoms with Crippen LogP contribution in [-0.4, -0.2) is 18.3 Å². The molecule has 2 aromatic carbocycles. The Labute approximate surface area is 127 Å². The zero-order valence-corrected chi connectivity index (χ0v) is 13.0. The first kappa shape index (κ1) is 15.6. The molecule has 0 saturated carbocycles. The van der Waals surface area contributed by atoms with Crippen molar-refractivity contribution in [3.63, 3.8) is 0 Å². The molecule has 2 rings (SSSR count). The van der Waals surface area contributed by atoms with Crippen LogP contribution in [0, 0.1) is 0 Å². The van der Waals surface area contributed by atoms with Gasteiger partial charge in [-0.2, -0.15) is 0 Å². The van der Waals surface area contributed by atoms with Gasteiger partial charge in [0.05, 0.1) is 13.2 Å². The molecular formula is C19H24O2. The number of hydrogen-bond donors (Lipinski definition) is 1. The fraction of sp³-hybridized carbons (Fsp3) is 0.368. The van der Waals surface area contributed by atoms with Crippen LogP contribution in [0.25, 0.3) is 0 Å². The van der Waals surface area contributed by atoms with Crippen LogP contribution in [-0.2, 0) is 11.8 Å². The van der Waals surface area contributed by atoms with Gasteiger partial charge in [-0.3, -0.25) is 0 Å². The van der Waals surface area contributed by atoms with E-state index in [1.807, 2.05) is 30.3 Å². The fourth-order valence-corrected chi connectivity index (χ4v) is 2.52. The van der Waals surface area contributed by atoms with Gasteiger partial charge in [-0.15, -0.1) is 0 Å². The standard InChI is InChI=1S/C19H24O2/c1-19(2,16-7-5-4-6-8-16)18(20)14-11-15-9-12-17(21-3)13-10-15/h4-10,12-13,18,20H,11,14H2,1-3H3. The number of aliphatic hydroxyl groups excluding tert-OH is 1. The van der Waals surface area contributed by atoms with Gasteiger partial charge in [0.1, 0.15) is 5.75 Å². The van der Waals surface area contributed by atoms with Crippen molar-refractivity contribution in [3.8, 4) is 5.75 Å². The normalized spacial score (nSPS) is 13.0. The molecule has 0 aliphatic carbocycles. The molecule has 1 N–H and O–H groups in total. The molecule has 0 radical (unpaired) electrons. The van der Waals surface area contributed by atoms with E-state index in [1.165, 1.54) is 11.1 Å². The van der Waals surface area contributed by atoms with Crippen molar-refractivity contribution in [2.24, 2.45) is 0 Å². The third-order valence-electron chi connectivity index (χ3n) is 4.22. The minimum Gasteiger partial charge on any atom is -0.497 e. The molecule has 2 nitrogen and oxygen atoms in total. The van der Waals surface area contributed by atoms with Gasteiger partial charge in [-0.05, 0) is 36.1 Å². The molecule has 2 aromatic rings. The van der Waals surface area contributed by atoms with Crippen LogP contribution in [0.5, 0.6) is 5.75 Å². The molecule has 0 aliphatic rings. The molecule has 0 bridgehead atoms. The van der Waals surface area contributed by atoms with Gasteiger partial charge in [-0.25, -0.2) is 0 Å². The molecule has 1 unspecified atom stereocenters. The number of benzene rings is 2. The van der Waals surface area contributed by atoms with Crippen molar-refractivity contribution in [1.29, 1.82) is 0 Å². The van der Waals surface area contributed by atoms with Gasteiger partial charge in [0.15, 0.2) is 0 Å². The Morgan fingerprint density at radius 2 is 1.62 bits per heavy atom. The second kappa shape index (κ2) is 6.77. The van der Waals surface area contributed by atoms with E-state index >= 15 is 0 Å². The van der Waals surface area contributed by atoms with Crippen molar-refractivity contribution in [2.45, 2.75) is 38.2 Å². The van der Waals surface area contributed by atoms with E-state index in [2.05, 4.69) is 38.1 Å². The highest BCUT2D eigenvalue weighted by Crippen LogP contribution is 2.29. The molecule has 2 heteroatoms. The summed E-state index contributed by atoms with van der Waals surface area (Å²) in [5.41, 5.74) is 2.15. The highest BCUT2D eigenvalue weighted by molar-refractivity contribution is 5.28. The van der Waals surface area contributed by atoms with Crippen LogP contribution in [0.2, 0.25) is 0 Å². The summed E-state index contributed by atoms with van der Waals surface area (Å²) in [7, 11) is 1.67. The minimum absolute atomic E-state index is 0.242. The van der Waals surface area contributed by atoms with Crippen LogP contribution >= 0.6 is 0 Å². The smallest absolute Gasteiger partial charge is 0.118 e. The number of aryl methyl sites for hydroxylation is 1. The van der Waals surface area contributed by atoms with E-state index < -0.39 is 0 Å². The minimum atomic E-state index is -0.373. The van der Waals surface area contributed by atoms with Gasteiger partial charge >= 0.3 is 0 Å². The average Bonchev–Trinajstić information content (AvgIpc) is 2.53. The monoisotopic (exact) mass is 284 g/mol. The molecule has 0 amide bonds. The van der Waals surface area contributed by atoms with E-state index in [0.717, 1.165) is 18.6 Å². The SMILES string of the molecule is COc1ccc(CCC(O)C(C)(C)c2ccccc2)cc1. The van der Waals surface area contributed by atoms with Crippen molar-refractivity contribution in [1.82, 2.24) is 0 Å². The molecule has 0 aromatic heterocycles. The first-order valence-corrected chi connectivity index (χ1v) is 7.40. The highest BCUT2D eigenvalue weighted by atomic mass is 16.5. The lowest BCUT2D eigenvalue weighted by atomic mass is 9.77. The van der Waals surface area contributed by atoms with Crippen molar-refractivity contribution in [3.05, 3.63) is 65.7 Å². The van der Waals surface area contributed by atoms with Gasteiger partial charge in [0.2, 0.25) is 0 Å². The summed E-state index contributed by atoms with van der Waals surface area (Å²) in [5.74, 6) is 0.865. The quantitative estimate of drug-likeness (QED) is 0.870. The molecule has 0 heterocycles. The van der Waals surface area contributed by atoms with E-state index in [4.69, 9.17) is 4.74 Å². The van der Waals surface area contributed by atoms with Crippen LogP contribution in [0.1, 0.15) is 31.4 Å². The largest absolute Gasteiger partial charge is 0.497 e. The van der Waals surface area contributed by atoms with E-state index in [-0.39, 0.29) is 11.5 Å². The summed E-state index contributed by atoms with van der Waals surface area (Å²) in [6.45, 7) is 4.20. The molecular weight excluding hydrogens is 260 g/mol. The first-order valence-electron chi connectivity index (χ1n) is 7.40. The number of hydrogen-bond acceptors (Lipinski definition) is 2. The van der Waals surface area contributed by atoms with Crippen molar-refractivity contribution in [2.75, 3.05) is 7.11 Å². The number of aliphatic hydroxyl groups is 1. The Morgan fingerprint density at radius 1 is 1.00 bits per heavy atom. The summed E-state index contributed by atoms with van der Waals surface area (Å²) in [4.78, 5) is 0. The van der Waals surface area contributed by atoms with Crippen LogP contribution < -0.4 is 4.74 Å². The predicted molar refractivity (Wildman–Crippen MR) is 86.8 cm³/mol. The van der Waals surface area contributed by atoms with Crippen LogP contribution in [0.15, 0.2) is 54.6 Å². The Balaban J connectivity index is 1.98. The summed E-state index contributed by atoms with van der Waals surface area (Å²) in [6.07, 6.45) is 1.23. The lowest BCUT2D eigenvalue weighted by Crippen LogP contribution is -2.34. The Kier molecular flexibility index (Phi) is 5.03. The van der Waals surface area contributed by atoms with Crippen molar-refractivity contribution < 1.29 is 9.84 Å². The zero-order chi connectivity index (χ0) is 15.3. The zero-order valence-electron chi connectivity index (χ0n) is 13.0. The number of ether oxygens (including phenoxy) is 1. The molecule has 0 fully saturated rings. The number of rotatable bonds is 6. The predicted octanol–water partition coefficient (Wildman–Crippen LogP) is 3.97. The van der Waals surface area contributed by atoms with E-state index in [1.54, 1.807) is 7.11 Å². The topological polar surface area (TPSA) is 29.5 Å². The van der Waals surface area contributed by atoms with Gasteiger partial charge in [-0.1, -0.05) is 56.3 Å².